The van der Waals surface area contributed by atoms with Crippen molar-refractivity contribution < 1.29 is 14.6 Å². The summed E-state index contributed by atoms with van der Waals surface area (Å²) in [5.41, 5.74) is 2.38. The minimum absolute atomic E-state index is 0.430. The maximum Gasteiger partial charge on any atom is 0.321 e. The molecule has 1 atom stereocenters. The first-order valence-electron chi connectivity index (χ1n) is 6.33. The molecule has 0 saturated carbocycles. The third-order valence-electron chi connectivity index (χ3n) is 3.36. The van der Waals surface area contributed by atoms with E-state index < -0.39 is 12.0 Å². The summed E-state index contributed by atoms with van der Waals surface area (Å²) in [6.45, 7) is 4.56. The highest BCUT2D eigenvalue weighted by Gasteiger charge is 2.30. The Morgan fingerprint density at radius 2 is 2.17 bits per heavy atom. The van der Waals surface area contributed by atoms with Crippen LogP contribution in [0.5, 0.6) is 0 Å². The first kappa shape index (κ1) is 13.1. The van der Waals surface area contributed by atoms with Gasteiger partial charge < -0.3 is 9.84 Å². The van der Waals surface area contributed by atoms with Crippen LogP contribution in [0.4, 0.5) is 0 Å². The zero-order valence-corrected chi connectivity index (χ0v) is 10.6. The highest BCUT2D eigenvalue weighted by Crippen LogP contribution is 2.23. The second kappa shape index (κ2) is 5.98. The molecule has 1 heterocycles. The van der Waals surface area contributed by atoms with Gasteiger partial charge in [0.2, 0.25) is 0 Å². The van der Waals surface area contributed by atoms with E-state index in [1.807, 2.05) is 30.0 Å². The molecule has 0 unspecified atom stereocenters. The fourth-order valence-corrected chi connectivity index (χ4v) is 2.38. The predicted molar refractivity (Wildman–Crippen MR) is 68.5 cm³/mol. The van der Waals surface area contributed by atoms with Crippen LogP contribution in [-0.2, 0) is 22.5 Å². The molecule has 1 N–H and O–H groups in total. The summed E-state index contributed by atoms with van der Waals surface area (Å²) in [4.78, 5) is 13.3. The van der Waals surface area contributed by atoms with Gasteiger partial charge in [-0.05, 0) is 24.5 Å². The Kier molecular flexibility index (Phi) is 4.33. The molecule has 0 saturated heterocycles. The summed E-state index contributed by atoms with van der Waals surface area (Å²) in [6.07, 6.45) is 0.581. The van der Waals surface area contributed by atoms with Gasteiger partial charge in [-0.25, -0.2) is 0 Å². The summed E-state index contributed by atoms with van der Waals surface area (Å²) in [5.74, 6) is -0.749. The second-order valence-corrected chi connectivity index (χ2v) is 4.49. The minimum atomic E-state index is -0.749. The Bertz CT molecular complexity index is 419. The lowest BCUT2D eigenvalue weighted by Crippen LogP contribution is -2.46. The lowest BCUT2D eigenvalue weighted by atomic mass is 9.94. The average molecular weight is 249 g/mol. The lowest BCUT2D eigenvalue weighted by molar-refractivity contribution is -0.144. The van der Waals surface area contributed by atoms with Gasteiger partial charge in [-0.3, -0.25) is 9.69 Å². The Labute approximate surface area is 107 Å². The number of ether oxygens (including phenoxy) is 1. The molecule has 0 amide bonds. The van der Waals surface area contributed by atoms with Crippen molar-refractivity contribution in [1.29, 1.82) is 0 Å². The molecular weight excluding hydrogens is 230 g/mol. The highest BCUT2D eigenvalue weighted by molar-refractivity contribution is 5.74. The van der Waals surface area contributed by atoms with Gasteiger partial charge in [0.05, 0.1) is 6.61 Å². The Morgan fingerprint density at radius 1 is 1.44 bits per heavy atom. The smallest absolute Gasteiger partial charge is 0.321 e. The lowest BCUT2D eigenvalue weighted by Gasteiger charge is -2.34. The van der Waals surface area contributed by atoms with Crippen molar-refractivity contribution in [3.05, 3.63) is 35.4 Å². The van der Waals surface area contributed by atoms with E-state index in [2.05, 4.69) is 6.07 Å². The molecule has 0 spiro atoms. The molecule has 98 valence electrons. The van der Waals surface area contributed by atoms with Gasteiger partial charge in [0, 0.05) is 19.7 Å². The molecule has 1 aromatic rings. The summed E-state index contributed by atoms with van der Waals surface area (Å²) < 4.78 is 5.32. The van der Waals surface area contributed by atoms with Crippen LogP contribution in [0, 0.1) is 0 Å². The number of rotatable bonds is 5. The molecule has 1 aromatic carbocycles. The molecule has 2 rings (SSSR count). The van der Waals surface area contributed by atoms with Gasteiger partial charge in [-0.1, -0.05) is 24.3 Å². The largest absolute Gasteiger partial charge is 0.480 e. The number of aliphatic carboxylic acids is 1. The van der Waals surface area contributed by atoms with Gasteiger partial charge in [0.25, 0.3) is 0 Å². The number of benzene rings is 1. The molecule has 0 aromatic heterocycles. The number of carboxylic acid groups (broad SMARTS) is 1. The van der Waals surface area contributed by atoms with Gasteiger partial charge in [-0.2, -0.15) is 0 Å². The van der Waals surface area contributed by atoms with E-state index >= 15 is 0 Å². The van der Waals surface area contributed by atoms with E-state index in [1.165, 1.54) is 5.56 Å². The Hall–Kier alpha value is -1.39. The fraction of sp³-hybridized carbons (Fsp3) is 0.500. The SMILES string of the molecule is CCOCCN1Cc2ccccc2C[C@H]1C(=O)O. The van der Waals surface area contributed by atoms with E-state index in [4.69, 9.17) is 4.74 Å². The zero-order chi connectivity index (χ0) is 13.0. The van der Waals surface area contributed by atoms with Crippen molar-refractivity contribution >= 4 is 5.97 Å². The maximum atomic E-state index is 11.3. The van der Waals surface area contributed by atoms with Crippen LogP contribution in [0.15, 0.2) is 24.3 Å². The molecule has 1 aliphatic heterocycles. The average Bonchev–Trinajstić information content (AvgIpc) is 2.38. The monoisotopic (exact) mass is 249 g/mol. The molecule has 0 bridgehead atoms. The molecule has 18 heavy (non-hydrogen) atoms. The van der Waals surface area contributed by atoms with E-state index in [1.54, 1.807) is 0 Å². The molecule has 4 nitrogen and oxygen atoms in total. The molecule has 0 aliphatic carbocycles. The Morgan fingerprint density at radius 3 is 2.83 bits per heavy atom. The summed E-state index contributed by atoms with van der Waals surface area (Å²) in [6, 6.07) is 7.63. The molecule has 1 aliphatic rings. The molecule has 0 fully saturated rings. The topological polar surface area (TPSA) is 49.8 Å². The van der Waals surface area contributed by atoms with Crippen molar-refractivity contribution in [3.63, 3.8) is 0 Å². The third-order valence-corrected chi connectivity index (χ3v) is 3.36. The standard InChI is InChI=1S/C14H19NO3/c1-2-18-8-7-15-10-12-6-4-3-5-11(12)9-13(15)14(16)17/h3-6,13H,2,7-10H2,1H3,(H,16,17)/t13-/m0/s1. The maximum absolute atomic E-state index is 11.3. The van der Waals surface area contributed by atoms with Crippen LogP contribution in [0.1, 0.15) is 18.1 Å². The third kappa shape index (κ3) is 2.89. The van der Waals surface area contributed by atoms with Gasteiger partial charge in [0.15, 0.2) is 0 Å². The van der Waals surface area contributed by atoms with Crippen LogP contribution >= 0.6 is 0 Å². The van der Waals surface area contributed by atoms with Crippen molar-refractivity contribution in [2.45, 2.75) is 25.9 Å². The van der Waals surface area contributed by atoms with E-state index in [9.17, 15) is 9.90 Å². The molecular formula is C14H19NO3. The van der Waals surface area contributed by atoms with Gasteiger partial charge in [0.1, 0.15) is 6.04 Å². The van der Waals surface area contributed by atoms with Gasteiger partial charge in [-0.15, -0.1) is 0 Å². The Balaban J connectivity index is 2.10. The number of hydrogen-bond acceptors (Lipinski definition) is 3. The van der Waals surface area contributed by atoms with Crippen LogP contribution in [0.3, 0.4) is 0 Å². The zero-order valence-electron chi connectivity index (χ0n) is 10.6. The minimum Gasteiger partial charge on any atom is -0.480 e. The number of nitrogens with zero attached hydrogens (tertiary/aromatic N) is 1. The van der Waals surface area contributed by atoms with Crippen LogP contribution < -0.4 is 0 Å². The number of hydrogen-bond donors (Lipinski definition) is 1. The van der Waals surface area contributed by atoms with Crippen LogP contribution in [-0.4, -0.2) is 41.8 Å². The van der Waals surface area contributed by atoms with E-state index in [-0.39, 0.29) is 0 Å². The quantitative estimate of drug-likeness (QED) is 0.804. The normalized spacial score (nSPS) is 19.5. The van der Waals surface area contributed by atoms with E-state index in [0.29, 0.717) is 32.7 Å². The predicted octanol–water partition coefficient (Wildman–Crippen LogP) is 1.53. The number of carbonyl (C=O) groups is 1. The number of fused-ring (bicyclic) bond motifs is 1. The van der Waals surface area contributed by atoms with Crippen LogP contribution in [0.2, 0.25) is 0 Å². The molecule has 4 heteroatoms. The first-order valence-corrected chi connectivity index (χ1v) is 6.33. The number of carboxylic acids is 1. The van der Waals surface area contributed by atoms with Crippen molar-refractivity contribution in [1.82, 2.24) is 4.90 Å². The summed E-state index contributed by atoms with van der Waals surface area (Å²) in [7, 11) is 0. The summed E-state index contributed by atoms with van der Waals surface area (Å²) >= 11 is 0. The second-order valence-electron chi connectivity index (χ2n) is 4.49. The van der Waals surface area contributed by atoms with Gasteiger partial charge >= 0.3 is 5.97 Å². The first-order chi connectivity index (χ1) is 8.72. The summed E-state index contributed by atoms with van der Waals surface area (Å²) in [5, 5.41) is 9.31. The van der Waals surface area contributed by atoms with Crippen LogP contribution in [0.25, 0.3) is 0 Å². The highest BCUT2D eigenvalue weighted by atomic mass is 16.5. The molecule has 0 radical (unpaired) electrons. The fourth-order valence-electron chi connectivity index (χ4n) is 2.38. The van der Waals surface area contributed by atoms with Crippen molar-refractivity contribution in [2.75, 3.05) is 19.8 Å². The van der Waals surface area contributed by atoms with E-state index in [0.717, 1.165) is 5.56 Å². The van der Waals surface area contributed by atoms with Crippen molar-refractivity contribution in [3.8, 4) is 0 Å². The van der Waals surface area contributed by atoms with Crippen molar-refractivity contribution in [2.24, 2.45) is 0 Å².